The summed E-state index contributed by atoms with van der Waals surface area (Å²) in [5.74, 6) is 0. The van der Waals surface area contributed by atoms with Crippen molar-refractivity contribution >= 4 is 23.4 Å². The van der Waals surface area contributed by atoms with Crippen molar-refractivity contribution in [2.75, 3.05) is 0 Å². The van der Waals surface area contributed by atoms with Gasteiger partial charge in [0.1, 0.15) is 0 Å². The molecule has 1 atom stereocenters. The van der Waals surface area contributed by atoms with Crippen molar-refractivity contribution in [3.8, 4) is 0 Å². The van der Waals surface area contributed by atoms with Crippen LogP contribution in [0.1, 0.15) is 0 Å². The summed E-state index contributed by atoms with van der Waals surface area (Å²) in [4.78, 5) is 1.37. The van der Waals surface area contributed by atoms with Crippen LogP contribution < -0.4 is 5.46 Å². The van der Waals surface area contributed by atoms with Crippen molar-refractivity contribution in [3.63, 3.8) is 0 Å². The van der Waals surface area contributed by atoms with Gasteiger partial charge in [-0.05, 0) is 29.7 Å². The van der Waals surface area contributed by atoms with E-state index in [1.165, 1.54) is 0 Å². The van der Waals surface area contributed by atoms with E-state index >= 15 is 0 Å². The monoisotopic (exact) mass is 246 g/mol. The predicted octanol–water partition coefficient (Wildman–Crippen LogP) is 0.533. The molecule has 0 fully saturated rings. The van der Waals surface area contributed by atoms with Crippen molar-refractivity contribution in [1.82, 2.24) is 0 Å². The van der Waals surface area contributed by atoms with Crippen LogP contribution in [0, 0.1) is 0 Å². The van der Waals surface area contributed by atoms with Gasteiger partial charge in [-0.15, -0.1) is 0 Å². The number of hydrogen-bond acceptors (Lipinski definition) is 3. The van der Waals surface area contributed by atoms with Gasteiger partial charge >= 0.3 is 7.12 Å². The highest BCUT2D eigenvalue weighted by Crippen LogP contribution is 2.14. The molecule has 0 bridgehead atoms. The van der Waals surface area contributed by atoms with E-state index in [9.17, 15) is 4.21 Å². The van der Waals surface area contributed by atoms with Crippen LogP contribution >= 0.6 is 0 Å². The Morgan fingerprint density at radius 3 is 1.88 bits per heavy atom. The first kappa shape index (κ1) is 12.0. The Morgan fingerprint density at radius 2 is 1.35 bits per heavy atom. The average molecular weight is 246 g/mol. The third-order valence-corrected chi connectivity index (χ3v) is 3.75. The van der Waals surface area contributed by atoms with Gasteiger partial charge in [-0.25, -0.2) is 4.21 Å². The number of rotatable bonds is 3. The molecule has 0 saturated carbocycles. The lowest BCUT2D eigenvalue weighted by Crippen LogP contribution is -2.29. The van der Waals surface area contributed by atoms with E-state index in [-0.39, 0.29) is 0 Å². The van der Waals surface area contributed by atoms with Gasteiger partial charge in [0, 0.05) is 9.79 Å². The summed E-state index contributed by atoms with van der Waals surface area (Å²) in [6, 6.07) is 15.5. The third kappa shape index (κ3) is 2.82. The Morgan fingerprint density at radius 1 is 0.824 bits per heavy atom. The Balaban J connectivity index is 2.27. The Bertz CT molecular complexity index is 511. The minimum absolute atomic E-state index is 0.388. The van der Waals surface area contributed by atoms with Crippen molar-refractivity contribution in [2.45, 2.75) is 9.79 Å². The van der Waals surface area contributed by atoms with Crippen LogP contribution in [0.5, 0.6) is 0 Å². The highest BCUT2D eigenvalue weighted by Gasteiger charge is 2.12. The fourth-order valence-corrected chi connectivity index (χ4v) is 2.50. The largest absolute Gasteiger partial charge is 0.488 e. The molecular weight excluding hydrogens is 235 g/mol. The summed E-state index contributed by atoms with van der Waals surface area (Å²) in [6.07, 6.45) is 0. The van der Waals surface area contributed by atoms with Crippen molar-refractivity contribution < 1.29 is 14.3 Å². The maximum absolute atomic E-state index is 12.1. The van der Waals surface area contributed by atoms with E-state index in [2.05, 4.69) is 0 Å². The summed E-state index contributed by atoms with van der Waals surface area (Å²) >= 11 is 0. The molecule has 0 aromatic heterocycles. The molecule has 1 unspecified atom stereocenters. The summed E-state index contributed by atoms with van der Waals surface area (Å²) in [6.45, 7) is 0. The molecule has 0 aliphatic rings. The van der Waals surface area contributed by atoms with Gasteiger partial charge in [-0.3, -0.25) is 0 Å². The zero-order valence-corrected chi connectivity index (χ0v) is 9.80. The topological polar surface area (TPSA) is 57.5 Å². The van der Waals surface area contributed by atoms with Crippen LogP contribution in [0.2, 0.25) is 0 Å². The molecule has 2 N–H and O–H groups in total. The van der Waals surface area contributed by atoms with E-state index in [4.69, 9.17) is 10.0 Å². The smallest absolute Gasteiger partial charge is 0.423 e. The Labute approximate surface area is 102 Å². The normalized spacial score (nSPS) is 12.1. The van der Waals surface area contributed by atoms with Gasteiger partial charge in [-0.1, -0.05) is 30.3 Å². The first-order valence-corrected chi connectivity index (χ1v) is 6.26. The lowest BCUT2D eigenvalue weighted by Gasteiger charge is -2.03. The SMILES string of the molecule is O=S(c1ccccc1)c1ccc(B(O)O)cc1. The lowest BCUT2D eigenvalue weighted by atomic mass is 9.81. The van der Waals surface area contributed by atoms with Crippen LogP contribution in [-0.2, 0) is 10.8 Å². The Hall–Kier alpha value is -1.43. The predicted molar refractivity (Wildman–Crippen MR) is 67.4 cm³/mol. The zero-order chi connectivity index (χ0) is 12.3. The van der Waals surface area contributed by atoms with E-state index in [0.29, 0.717) is 10.4 Å². The van der Waals surface area contributed by atoms with E-state index < -0.39 is 17.9 Å². The van der Waals surface area contributed by atoms with Crippen LogP contribution in [0.4, 0.5) is 0 Å². The van der Waals surface area contributed by atoms with E-state index in [1.807, 2.05) is 18.2 Å². The van der Waals surface area contributed by atoms with E-state index in [1.54, 1.807) is 36.4 Å². The molecule has 5 heteroatoms. The maximum Gasteiger partial charge on any atom is 0.488 e. The van der Waals surface area contributed by atoms with Crippen LogP contribution in [-0.4, -0.2) is 21.4 Å². The molecule has 2 aromatic rings. The Kier molecular flexibility index (Phi) is 3.73. The van der Waals surface area contributed by atoms with Crippen LogP contribution in [0.25, 0.3) is 0 Å². The van der Waals surface area contributed by atoms with Crippen LogP contribution in [0.3, 0.4) is 0 Å². The maximum atomic E-state index is 12.1. The molecule has 0 aliphatic heterocycles. The molecule has 86 valence electrons. The average Bonchev–Trinajstić information content (AvgIpc) is 2.39. The van der Waals surface area contributed by atoms with Gasteiger partial charge in [0.2, 0.25) is 0 Å². The van der Waals surface area contributed by atoms with Gasteiger partial charge in [-0.2, -0.15) is 0 Å². The number of hydrogen-bond donors (Lipinski definition) is 2. The summed E-state index contributed by atoms with van der Waals surface area (Å²) < 4.78 is 12.1. The standard InChI is InChI=1S/C12H11BO3S/c14-13(15)10-6-8-12(9-7-10)17(16)11-4-2-1-3-5-11/h1-9,14-15H. The third-order valence-electron chi connectivity index (χ3n) is 2.35. The molecule has 2 aromatic carbocycles. The first-order valence-electron chi connectivity index (χ1n) is 5.11. The molecule has 0 saturated heterocycles. The minimum atomic E-state index is -1.49. The van der Waals surface area contributed by atoms with Crippen molar-refractivity contribution in [2.24, 2.45) is 0 Å². The summed E-state index contributed by atoms with van der Waals surface area (Å²) in [5, 5.41) is 17.9. The van der Waals surface area contributed by atoms with Gasteiger partial charge in [0.15, 0.2) is 0 Å². The van der Waals surface area contributed by atoms with E-state index in [0.717, 1.165) is 4.90 Å². The molecule has 2 rings (SSSR count). The lowest BCUT2D eigenvalue weighted by molar-refractivity contribution is 0.425. The first-order chi connectivity index (χ1) is 8.18. The van der Waals surface area contributed by atoms with Gasteiger partial charge in [0.05, 0.1) is 10.8 Å². The molecule has 0 heterocycles. The molecule has 0 amide bonds. The quantitative estimate of drug-likeness (QED) is 0.777. The second-order valence-electron chi connectivity index (χ2n) is 3.52. The number of benzene rings is 2. The summed E-state index contributed by atoms with van der Waals surface area (Å²) in [5.41, 5.74) is 0.388. The fraction of sp³-hybridized carbons (Fsp3) is 0. The second kappa shape index (κ2) is 5.27. The molecule has 3 nitrogen and oxygen atoms in total. The van der Waals surface area contributed by atoms with Crippen LogP contribution in [0.15, 0.2) is 64.4 Å². The zero-order valence-electron chi connectivity index (χ0n) is 8.98. The molecule has 0 aliphatic carbocycles. The highest BCUT2D eigenvalue weighted by atomic mass is 32.2. The van der Waals surface area contributed by atoms with Crippen molar-refractivity contribution in [3.05, 3.63) is 54.6 Å². The van der Waals surface area contributed by atoms with Gasteiger partial charge in [0.25, 0.3) is 0 Å². The minimum Gasteiger partial charge on any atom is -0.423 e. The summed E-state index contributed by atoms with van der Waals surface area (Å²) in [7, 11) is -2.72. The van der Waals surface area contributed by atoms with Gasteiger partial charge < -0.3 is 10.0 Å². The van der Waals surface area contributed by atoms with Crippen molar-refractivity contribution in [1.29, 1.82) is 0 Å². The molecule has 0 spiro atoms. The highest BCUT2D eigenvalue weighted by molar-refractivity contribution is 7.85. The molecular formula is C12H11BO3S. The molecule has 0 radical (unpaired) electrons. The fourth-order valence-electron chi connectivity index (χ4n) is 1.44. The molecule has 17 heavy (non-hydrogen) atoms. The second-order valence-corrected chi connectivity index (χ2v) is 5.00.